The molecule has 17 heavy (non-hydrogen) atoms. The molecule has 0 amide bonds. The summed E-state index contributed by atoms with van der Waals surface area (Å²) in [5.74, 6) is 0.491. The lowest BCUT2D eigenvalue weighted by Gasteiger charge is -2.10. The fourth-order valence-electron chi connectivity index (χ4n) is 1.27. The number of nitrogens with two attached hydrogens (primary N) is 1. The van der Waals surface area contributed by atoms with Gasteiger partial charge in [0.2, 0.25) is 0 Å². The normalized spacial score (nSPS) is 12.2. The molecule has 4 N–H and O–H groups in total. The predicted octanol–water partition coefficient (Wildman–Crippen LogP) is 1.69. The van der Waals surface area contributed by atoms with Crippen molar-refractivity contribution in [3.05, 3.63) is 22.2 Å². The van der Waals surface area contributed by atoms with Crippen molar-refractivity contribution in [1.82, 2.24) is 0 Å². The molecule has 1 aromatic rings. The molecule has 0 aliphatic heterocycles. The Bertz CT molecular complexity index is 424. The van der Waals surface area contributed by atoms with Gasteiger partial charge >= 0.3 is 0 Å². The minimum atomic E-state index is -0.481. The third-order valence-electron chi connectivity index (χ3n) is 2.07. The van der Waals surface area contributed by atoms with E-state index in [0.717, 1.165) is 4.90 Å². The molecule has 6 nitrogen and oxygen atoms in total. The van der Waals surface area contributed by atoms with E-state index in [1.54, 1.807) is 20.0 Å². The van der Waals surface area contributed by atoms with E-state index in [2.05, 4.69) is 5.32 Å². The van der Waals surface area contributed by atoms with Gasteiger partial charge in [-0.05, 0) is 13.0 Å². The molecule has 0 saturated carbocycles. The van der Waals surface area contributed by atoms with Gasteiger partial charge in [-0.3, -0.25) is 10.1 Å². The summed E-state index contributed by atoms with van der Waals surface area (Å²) in [5.41, 5.74) is 6.45. The molecule has 0 bridgehead atoms. The van der Waals surface area contributed by atoms with Gasteiger partial charge in [-0.1, -0.05) is 0 Å². The minimum Gasteiger partial charge on any atom is -0.398 e. The third kappa shape index (κ3) is 3.50. The molecule has 0 aliphatic carbocycles. The van der Waals surface area contributed by atoms with Crippen LogP contribution in [0.2, 0.25) is 0 Å². The Kier molecular flexibility index (Phi) is 4.59. The topological polar surface area (TPSA) is 101 Å². The van der Waals surface area contributed by atoms with Crippen molar-refractivity contribution in [3.8, 4) is 0 Å². The smallest absolute Gasteiger partial charge is 0.294 e. The first-order valence-corrected chi connectivity index (χ1v) is 6.00. The van der Waals surface area contributed by atoms with Crippen LogP contribution in [0.3, 0.4) is 0 Å². The molecule has 0 saturated heterocycles. The van der Waals surface area contributed by atoms with Crippen molar-refractivity contribution in [2.45, 2.75) is 17.9 Å². The van der Waals surface area contributed by atoms with E-state index < -0.39 is 11.0 Å². The molecule has 7 heteroatoms. The van der Waals surface area contributed by atoms with Gasteiger partial charge in [0.25, 0.3) is 5.69 Å². The summed E-state index contributed by atoms with van der Waals surface area (Å²) in [5, 5.41) is 22.7. The van der Waals surface area contributed by atoms with E-state index in [1.165, 1.54) is 17.8 Å². The fraction of sp³-hybridized carbons (Fsp3) is 0.400. The quantitative estimate of drug-likeness (QED) is 0.321. The van der Waals surface area contributed by atoms with Gasteiger partial charge in [0.05, 0.1) is 16.7 Å². The lowest BCUT2D eigenvalue weighted by atomic mass is 10.2. The summed E-state index contributed by atoms with van der Waals surface area (Å²) in [6.07, 6.45) is -0.451. The predicted molar refractivity (Wildman–Crippen MR) is 69.5 cm³/mol. The van der Waals surface area contributed by atoms with Crippen molar-refractivity contribution in [2.75, 3.05) is 23.9 Å². The van der Waals surface area contributed by atoms with Crippen LogP contribution in [0, 0.1) is 10.1 Å². The van der Waals surface area contributed by atoms with Crippen molar-refractivity contribution in [1.29, 1.82) is 0 Å². The summed E-state index contributed by atoms with van der Waals surface area (Å²) in [4.78, 5) is 11.0. The number of nitrogen functional groups attached to an aromatic ring is 1. The van der Waals surface area contributed by atoms with Crippen LogP contribution in [-0.2, 0) is 0 Å². The van der Waals surface area contributed by atoms with Crippen LogP contribution in [0.25, 0.3) is 0 Å². The fourth-order valence-corrected chi connectivity index (χ4v) is 2.12. The van der Waals surface area contributed by atoms with Gasteiger partial charge in [-0.2, -0.15) is 0 Å². The van der Waals surface area contributed by atoms with Crippen LogP contribution >= 0.6 is 11.8 Å². The molecule has 0 fully saturated rings. The second kappa shape index (κ2) is 5.74. The molecule has 0 heterocycles. The number of nitro benzene ring substituents is 1. The average molecular weight is 257 g/mol. The highest BCUT2D eigenvalue weighted by molar-refractivity contribution is 7.99. The summed E-state index contributed by atoms with van der Waals surface area (Å²) in [6, 6.07) is 2.96. The Morgan fingerprint density at radius 2 is 2.29 bits per heavy atom. The molecule has 0 spiro atoms. The van der Waals surface area contributed by atoms with Crippen LogP contribution in [0.15, 0.2) is 17.0 Å². The number of aliphatic hydroxyl groups excluding tert-OH is 1. The first-order valence-electron chi connectivity index (χ1n) is 5.02. The van der Waals surface area contributed by atoms with Crippen LogP contribution in [0.5, 0.6) is 0 Å². The van der Waals surface area contributed by atoms with Crippen LogP contribution in [0.1, 0.15) is 6.92 Å². The molecule has 94 valence electrons. The van der Waals surface area contributed by atoms with Gasteiger partial charge in [-0.15, -0.1) is 11.8 Å². The SMILES string of the molecule is CNc1cc(SCC(C)O)c(N)cc1[N+](=O)[O-]. The molecule has 1 rings (SSSR count). The molecule has 0 aliphatic rings. The third-order valence-corrected chi connectivity index (χ3v) is 3.39. The van der Waals surface area contributed by atoms with E-state index in [-0.39, 0.29) is 5.69 Å². The summed E-state index contributed by atoms with van der Waals surface area (Å²) < 4.78 is 0. The number of hydrogen-bond acceptors (Lipinski definition) is 6. The van der Waals surface area contributed by atoms with Crippen molar-refractivity contribution < 1.29 is 10.0 Å². The van der Waals surface area contributed by atoms with E-state index in [1.807, 2.05) is 0 Å². The molecule has 1 unspecified atom stereocenters. The molecular weight excluding hydrogens is 242 g/mol. The van der Waals surface area contributed by atoms with Crippen LogP contribution in [0.4, 0.5) is 17.1 Å². The van der Waals surface area contributed by atoms with E-state index in [4.69, 9.17) is 5.73 Å². The average Bonchev–Trinajstić information content (AvgIpc) is 2.26. The molecular formula is C10H15N3O3S. The number of nitro groups is 1. The molecule has 0 aromatic heterocycles. The lowest BCUT2D eigenvalue weighted by Crippen LogP contribution is -2.04. The Hall–Kier alpha value is -1.47. The number of anilines is 2. The number of benzene rings is 1. The first-order chi connectivity index (χ1) is 7.95. The van der Waals surface area contributed by atoms with Crippen molar-refractivity contribution >= 4 is 28.8 Å². The number of thioether (sulfide) groups is 1. The number of aliphatic hydroxyl groups is 1. The molecule has 1 atom stereocenters. The van der Waals surface area contributed by atoms with Gasteiger partial charge in [0, 0.05) is 23.8 Å². The Morgan fingerprint density at radius 3 is 2.76 bits per heavy atom. The highest BCUT2D eigenvalue weighted by atomic mass is 32.2. The van der Waals surface area contributed by atoms with E-state index in [0.29, 0.717) is 17.1 Å². The van der Waals surface area contributed by atoms with E-state index >= 15 is 0 Å². The number of rotatable bonds is 5. The monoisotopic (exact) mass is 257 g/mol. The zero-order valence-electron chi connectivity index (χ0n) is 9.64. The van der Waals surface area contributed by atoms with Crippen LogP contribution < -0.4 is 11.1 Å². The highest BCUT2D eigenvalue weighted by Crippen LogP contribution is 2.35. The Morgan fingerprint density at radius 1 is 1.65 bits per heavy atom. The maximum atomic E-state index is 10.8. The Labute approximate surface area is 103 Å². The Balaban J connectivity index is 3.04. The maximum absolute atomic E-state index is 10.8. The summed E-state index contributed by atoms with van der Waals surface area (Å²) in [6.45, 7) is 1.67. The van der Waals surface area contributed by atoms with Crippen LogP contribution in [-0.4, -0.2) is 28.9 Å². The van der Waals surface area contributed by atoms with Gasteiger partial charge in [0.15, 0.2) is 0 Å². The number of hydrogen-bond donors (Lipinski definition) is 3. The van der Waals surface area contributed by atoms with Gasteiger partial charge in [0.1, 0.15) is 5.69 Å². The largest absolute Gasteiger partial charge is 0.398 e. The maximum Gasteiger partial charge on any atom is 0.294 e. The first kappa shape index (κ1) is 13.6. The number of nitrogens with one attached hydrogen (secondary N) is 1. The second-order valence-electron chi connectivity index (χ2n) is 3.57. The second-order valence-corrected chi connectivity index (χ2v) is 4.64. The summed E-state index contributed by atoms with van der Waals surface area (Å²) in [7, 11) is 1.61. The zero-order valence-corrected chi connectivity index (χ0v) is 10.5. The van der Waals surface area contributed by atoms with Crippen molar-refractivity contribution in [2.24, 2.45) is 0 Å². The lowest BCUT2D eigenvalue weighted by molar-refractivity contribution is -0.383. The molecule has 0 radical (unpaired) electrons. The summed E-state index contributed by atoms with van der Waals surface area (Å²) >= 11 is 1.37. The standard InChI is InChI=1S/C10H15N3O3S/c1-6(14)5-17-10-4-8(12-2)9(13(15)16)3-7(10)11/h3-4,6,12,14H,5,11H2,1-2H3. The molecule has 1 aromatic carbocycles. The van der Waals surface area contributed by atoms with E-state index in [9.17, 15) is 15.2 Å². The van der Waals surface area contributed by atoms with Crippen molar-refractivity contribution in [3.63, 3.8) is 0 Å². The minimum absolute atomic E-state index is 0.0496. The van der Waals surface area contributed by atoms with Gasteiger partial charge in [-0.25, -0.2) is 0 Å². The highest BCUT2D eigenvalue weighted by Gasteiger charge is 2.16. The van der Waals surface area contributed by atoms with Gasteiger partial charge < -0.3 is 16.2 Å². The number of nitrogens with zero attached hydrogens (tertiary/aromatic N) is 1. The zero-order chi connectivity index (χ0) is 13.0.